The molecule has 6 nitrogen and oxygen atoms in total. The normalized spacial score (nSPS) is 15.0. The van der Waals surface area contributed by atoms with Crippen molar-refractivity contribution in [1.29, 1.82) is 0 Å². The number of nitrogens with zero attached hydrogens (tertiary/aromatic N) is 2. The lowest BCUT2D eigenvalue weighted by atomic mass is 9.97. The summed E-state index contributed by atoms with van der Waals surface area (Å²) in [5.74, 6) is -1.40. The van der Waals surface area contributed by atoms with E-state index < -0.39 is 11.9 Å². The average molecular weight is 375 g/mol. The Kier molecular flexibility index (Phi) is 5.42. The molecule has 0 spiro atoms. The minimum Gasteiger partial charge on any atom is -0.481 e. The van der Waals surface area contributed by atoms with Crippen LogP contribution in [0.25, 0.3) is 0 Å². The van der Waals surface area contributed by atoms with Gasteiger partial charge in [0.1, 0.15) is 0 Å². The number of hydrogen-bond acceptors (Lipinski definition) is 3. The third kappa shape index (κ3) is 3.96. The molecule has 1 aliphatic rings. The minimum absolute atomic E-state index is 0.193. The molecule has 1 aromatic heterocycles. The zero-order valence-corrected chi connectivity index (χ0v) is 14.9. The maximum absolute atomic E-state index is 12.7. The standard InChI is InChI=1S/C19H19ClN2O4/c20-16-4-2-1-3-14(16)11-22-12-15(5-6-17(22)23)18(24)21-9-7-13(8-10-21)19(25)26/h1-6,12-13H,7-11H2,(H,25,26). The van der Waals surface area contributed by atoms with Gasteiger partial charge in [0.15, 0.2) is 0 Å². The number of carbonyl (C=O) groups excluding carboxylic acids is 1. The maximum Gasteiger partial charge on any atom is 0.306 e. The Morgan fingerprint density at radius 2 is 1.81 bits per heavy atom. The summed E-state index contributed by atoms with van der Waals surface area (Å²) >= 11 is 6.15. The second kappa shape index (κ2) is 7.74. The van der Waals surface area contributed by atoms with E-state index >= 15 is 0 Å². The van der Waals surface area contributed by atoms with E-state index in [1.165, 1.54) is 22.9 Å². The molecular weight excluding hydrogens is 356 g/mol. The van der Waals surface area contributed by atoms with Crippen molar-refractivity contribution in [2.75, 3.05) is 13.1 Å². The van der Waals surface area contributed by atoms with Gasteiger partial charge in [-0.2, -0.15) is 0 Å². The Bertz CT molecular complexity index is 885. The van der Waals surface area contributed by atoms with E-state index in [1.54, 1.807) is 11.0 Å². The van der Waals surface area contributed by atoms with E-state index in [2.05, 4.69) is 0 Å². The number of aliphatic carboxylic acids is 1. The summed E-state index contributed by atoms with van der Waals surface area (Å²) in [5, 5.41) is 9.62. The molecule has 1 N–H and O–H groups in total. The van der Waals surface area contributed by atoms with E-state index in [1.807, 2.05) is 18.2 Å². The molecule has 1 aliphatic heterocycles. The Labute approximate surface area is 155 Å². The van der Waals surface area contributed by atoms with E-state index in [9.17, 15) is 14.4 Å². The minimum atomic E-state index is -0.814. The first-order chi connectivity index (χ1) is 12.5. The van der Waals surface area contributed by atoms with Gasteiger partial charge in [-0.05, 0) is 30.5 Å². The number of carboxylic acids is 1. The number of piperidine rings is 1. The van der Waals surface area contributed by atoms with Gasteiger partial charge in [0.2, 0.25) is 0 Å². The van der Waals surface area contributed by atoms with Crippen molar-refractivity contribution in [3.8, 4) is 0 Å². The number of benzene rings is 1. The van der Waals surface area contributed by atoms with Crippen molar-refractivity contribution in [2.45, 2.75) is 19.4 Å². The molecule has 1 fully saturated rings. The van der Waals surface area contributed by atoms with Crippen LogP contribution in [0.15, 0.2) is 47.4 Å². The van der Waals surface area contributed by atoms with Crippen LogP contribution in [0.3, 0.4) is 0 Å². The molecule has 1 aromatic carbocycles. The predicted molar refractivity (Wildman–Crippen MR) is 97.5 cm³/mol. The number of hydrogen-bond donors (Lipinski definition) is 1. The molecule has 0 radical (unpaired) electrons. The van der Waals surface area contributed by atoms with Crippen LogP contribution >= 0.6 is 11.6 Å². The summed E-state index contributed by atoms with van der Waals surface area (Å²) in [5.41, 5.74) is 0.986. The number of rotatable bonds is 4. The number of carboxylic acid groups (broad SMARTS) is 1. The summed E-state index contributed by atoms with van der Waals surface area (Å²) in [4.78, 5) is 37.5. The van der Waals surface area contributed by atoms with Crippen molar-refractivity contribution < 1.29 is 14.7 Å². The van der Waals surface area contributed by atoms with Crippen molar-refractivity contribution in [3.05, 3.63) is 69.1 Å². The highest BCUT2D eigenvalue weighted by molar-refractivity contribution is 6.31. The van der Waals surface area contributed by atoms with Crippen LogP contribution in [0.5, 0.6) is 0 Å². The van der Waals surface area contributed by atoms with Crippen LogP contribution in [-0.4, -0.2) is 39.5 Å². The quantitative estimate of drug-likeness (QED) is 0.891. The fourth-order valence-corrected chi connectivity index (χ4v) is 3.30. The fourth-order valence-electron chi connectivity index (χ4n) is 3.10. The largest absolute Gasteiger partial charge is 0.481 e. The lowest BCUT2D eigenvalue weighted by Crippen LogP contribution is -2.40. The van der Waals surface area contributed by atoms with Crippen LogP contribution in [0.4, 0.5) is 0 Å². The molecule has 2 aromatic rings. The molecule has 0 aliphatic carbocycles. The molecule has 0 saturated carbocycles. The first kappa shape index (κ1) is 18.2. The number of amides is 1. The Morgan fingerprint density at radius 3 is 2.46 bits per heavy atom. The fraction of sp³-hybridized carbons (Fsp3) is 0.316. The van der Waals surface area contributed by atoms with E-state index in [-0.39, 0.29) is 18.0 Å². The molecule has 7 heteroatoms. The molecule has 2 heterocycles. The smallest absolute Gasteiger partial charge is 0.306 e. The van der Waals surface area contributed by atoms with Gasteiger partial charge < -0.3 is 14.6 Å². The summed E-state index contributed by atoms with van der Waals surface area (Å²) in [6, 6.07) is 10.1. The van der Waals surface area contributed by atoms with Gasteiger partial charge in [-0.3, -0.25) is 14.4 Å². The van der Waals surface area contributed by atoms with Crippen molar-refractivity contribution in [1.82, 2.24) is 9.47 Å². The molecular formula is C19H19ClN2O4. The van der Waals surface area contributed by atoms with Gasteiger partial charge in [0.05, 0.1) is 18.0 Å². The van der Waals surface area contributed by atoms with Crippen molar-refractivity contribution in [3.63, 3.8) is 0 Å². The second-order valence-corrected chi connectivity index (χ2v) is 6.79. The van der Waals surface area contributed by atoms with E-state index in [0.717, 1.165) is 5.56 Å². The summed E-state index contributed by atoms with van der Waals surface area (Å²) in [6.45, 7) is 1.08. The second-order valence-electron chi connectivity index (χ2n) is 6.38. The topological polar surface area (TPSA) is 79.6 Å². The number of likely N-dealkylation sites (tertiary alicyclic amines) is 1. The highest BCUT2D eigenvalue weighted by Crippen LogP contribution is 2.19. The lowest BCUT2D eigenvalue weighted by molar-refractivity contribution is -0.143. The molecule has 0 atom stereocenters. The van der Waals surface area contributed by atoms with Crippen LogP contribution in [0.1, 0.15) is 28.8 Å². The Hall–Kier alpha value is -2.60. The third-order valence-electron chi connectivity index (χ3n) is 4.66. The molecule has 136 valence electrons. The first-order valence-electron chi connectivity index (χ1n) is 8.41. The van der Waals surface area contributed by atoms with Crippen molar-refractivity contribution in [2.24, 2.45) is 5.92 Å². The summed E-state index contributed by atoms with van der Waals surface area (Å²) in [6.07, 6.45) is 2.43. The molecule has 1 saturated heterocycles. The lowest BCUT2D eigenvalue weighted by Gasteiger charge is -2.30. The predicted octanol–water partition coefficient (Wildman–Crippen LogP) is 2.49. The number of pyridine rings is 1. The average Bonchev–Trinajstić information content (AvgIpc) is 2.65. The van der Waals surface area contributed by atoms with Crippen LogP contribution in [0, 0.1) is 5.92 Å². The SMILES string of the molecule is O=C(O)C1CCN(C(=O)c2ccc(=O)n(Cc3ccccc3Cl)c2)CC1. The van der Waals surface area contributed by atoms with Gasteiger partial charge in [-0.1, -0.05) is 29.8 Å². The Morgan fingerprint density at radius 1 is 1.12 bits per heavy atom. The third-order valence-corrected chi connectivity index (χ3v) is 5.03. The van der Waals surface area contributed by atoms with Gasteiger partial charge >= 0.3 is 5.97 Å². The van der Waals surface area contributed by atoms with Crippen molar-refractivity contribution >= 4 is 23.5 Å². The number of carbonyl (C=O) groups is 2. The summed E-state index contributed by atoms with van der Waals surface area (Å²) in [7, 11) is 0. The summed E-state index contributed by atoms with van der Waals surface area (Å²) < 4.78 is 1.46. The zero-order chi connectivity index (χ0) is 18.7. The Balaban J connectivity index is 1.77. The van der Waals surface area contributed by atoms with E-state index in [4.69, 9.17) is 16.7 Å². The first-order valence-corrected chi connectivity index (χ1v) is 8.79. The van der Waals surface area contributed by atoms with Gasteiger partial charge in [0, 0.05) is 30.4 Å². The van der Waals surface area contributed by atoms with Crippen LogP contribution < -0.4 is 5.56 Å². The molecule has 0 unspecified atom stereocenters. The van der Waals surface area contributed by atoms with E-state index in [0.29, 0.717) is 36.5 Å². The van der Waals surface area contributed by atoms with Crippen LogP contribution in [0.2, 0.25) is 5.02 Å². The number of aromatic nitrogens is 1. The van der Waals surface area contributed by atoms with Gasteiger partial charge in [0.25, 0.3) is 11.5 Å². The van der Waals surface area contributed by atoms with Crippen LogP contribution in [-0.2, 0) is 11.3 Å². The zero-order valence-electron chi connectivity index (χ0n) is 14.1. The monoisotopic (exact) mass is 374 g/mol. The molecule has 26 heavy (non-hydrogen) atoms. The number of halogens is 1. The highest BCUT2D eigenvalue weighted by Gasteiger charge is 2.27. The van der Waals surface area contributed by atoms with Gasteiger partial charge in [-0.15, -0.1) is 0 Å². The highest BCUT2D eigenvalue weighted by atomic mass is 35.5. The maximum atomic E-state index is 12.7. The molecule has 0 bridgehead atoms. The molecule has 3 rings (SSSR count). The van der Waals surface area contributed by atoms with Gasteiger partial charge in [-0.25, -0.2) is 0 Å². The molecule has 1 amide bonds.